The van der Waals surface area contributed by atoms with E-state index in [9.17, 15) is 4.79 Å². The molecule has 4 nitrogen and oxygen atoms in total. The van der Waals surface area contributed by atoms with Crippen LogP contribution in [0.1, 0.15) is 12.5 Å². The lowest BCUT2D eigenvalue weighted by atomic mass is 10.1. The highest BCUT2D eigenvalue weighted by Crippen LogP contribution is 2.36. The highest BCUT2D eigenvalue weighted by molar-refractivity contribution is 6.04. The van der Waals surface area contributed by atoms with Gasteiger partial charge in [0.1, 0.15) is 11.4 Å². The molecule has 4 heteroatoms. The number of fused-ring (bicyclic) bond motifs is 1. The van der Waals surface area contributed by atoms with E-state index < -0.39 is 5.91 Å². The number of carbonyl (C=O) groups is 1. The van der Waals surface area contributed by atoms with Crippen LogP contribution in [-0.4, -0.2) is 13.0 Å². The van der Waals surface area contributed by atoms with E-state index in [0.29, 0.717) is 5.70 Å². The van der Waals surface area contributed by atoms with Crippen molar-refractivity contribution in [3.05, 3.63) is 29.5 Å². The van der Waals surface area contributed by atoms with Gasteiger partial charge in [0.15, 0.2) is 0 Å². The quantitative estimate of drug-likeness (QED) is 0.783. The summed E-state index contributed by atoms with van der Waals surface area (Å²) in [5.41, 5.74) is 8.02. The number of benzene rings is 1. The van der Waals surface area contributed by atoms with Gasteiger partial charge in [0.2, 0.25) is 0 Å². The first kappa shape index (κ1) is 9.58. The highest BCUT2D eigenvalue weighted by Gasteiger charge is 2.23. The van der Waals surface area contributed by atoms with Crippen LogP contribution in [0.5, 0.6) is 5.75 Å². The lowest BCUT2D eigenvalue weighted by Crippen LogP contribution is -2.17. The fourth-order valence-electron chi connectivity index (χ4n) is 1.61. The van der Waals surface area contributed by atoms with Crippen molar-refractivity contribution in [1.29, 1.82) is 0 Å². The molecule has 0 saturated heterocycles. The molecule has 0 unspecified atom stereocenters. The van der Waals surface area contributed by atoms with E-state index in [0.717, 1.165) is 22.6 Å². The zero-order valence-corrected chi connectivity index (χ0v) is 8.57. The number of methoxy groups -OCH3 is 1. The second kappa shape index (κ2) is 3.31. The number of amides is 1. The van der Waals surface area contributed by atoms with Crippen molar-refractivity contribution in [3.8, 4) is 5.75 Å². The smallest absolute Gasteiger partial charge is 0.267 e. The summed E-state index contributed by atoms with van der Waals surface area (Å²) in [6.45, 7) is 1.83. The van der Waals surface area contributed by atoms with Gasteiger partial charge in [0, 0.05) is 5.56 Å². The van der Waals surface area contributed by atoms with Crippen LogP contribution in [0.3, 0.4) is 0 Å². The third kappa shape index (κ3) is 1.44. The first-order valence-corrected chi connectivity index (χ1v) is 4.54. The molecule has 1 heterocycles. The number of hydrogen-bond donors (Lipinski definition) is 1. The molecule has 77 valence electrons. The van der Waals surface area contributed by atoms with Crippen LogP contribution in [0.4, 0.5) is 5.69 Å². The number of carbonyl (C=O) groups excluding carboxylic acids is 1. The highest BCUT2D eigenvalue weighted by atomic mass is 16.5. The Labute approximate surface area is 87.7 Å². The molecule has 1 aromatic carbocycles. The van der Waals surface area contributed by atoms with Gasteiger partial charge in [-0.25, -0.2) is 5.32 Å². The fraction of sp³-hybridized carbons (Fsp3) is 0.182. The molecule has 15 heavy (non-hydrogen) atoms. The van der Waals surface area contributed by atoms with E-state index in [4.69, 9.17) is 10.5 Å². The van der Waals surface area contributed by atoms with E-state index in [1.807, 2.05) is 19.1 Å². The van der Waals surface area contributed by atoms with Crippen molar-refractivity contribution in [2.24, 2.45) is 5.73 Å². The molecule has 2 N–H and O–H groups in total. The Bertz CT molecular complexity index is 464. The van der Waals surface area contributed by atoms with Gasteiger partial charge >= 0.3 is 0 Å². The van der Waals surface area contributed by atoms with E-state index in [-0.39, 0.29) is 0 Å². The Morgan fingerprint density at radius 3 is 2.80 bits per heavy atom. The molecule has 1 aliphatic rings. The summed E-state index contributed by atoms with van der Waals surface area (Å²) in [5, 5.41) is 4.16. The predicted molar refractivity (Wildman–Crippen MR) is 56.6 cm³/mol. The first-order chi connectivity index (χ1) is 7.13. The summed E-state index contributed by atoms with van der Waals surface area (Å²) in [6, 6.07) is 5.47. The molecule has 0 spiro atoms. The molecule has 2 rings (SSSR count). The molecule has 0 atom stereocenters. The maximum Gasteiger partial charge on any atom is 0.267 e. The average molecular weight is 203 g/mol. The van der Waals surface area contributed by atoms with Crippen LogP contribution in [-0.2, 0) is 4.79 Å². The summed E-state index contributed by atoms with van der Waals surface area (Å²) in [5.74, 6) is 0.247. The van der Waals surface area contributed by atoms with Crippen molar-refractivity contribution >= 4 is 17.2 Å². The molecule has 1 amide bonds. The molecule has 0 bridgehead atoms. The number of hydrogen-bond acceptors (Lipinski definition) is 2. The molecule has 0 fully saturated rings. The lowest BCUT2D eigenvalue weighted by Gasteiger charge is -2.02. The number of rotatable bonds is 2. The van der Waals surface area contributed by atoms with Crippen LogP contribution in [0.25, 0.3) is 5.57 Å². The molecule has 1 radical (unpaired) electrons. The van der Waals surface area contributed by atoms with E-state index in [1.165, 1.54) is 0 Å². The fourth-order valence-corrected chi connectivity index (χ4v) is 1.61. The average Bonchev–Trinajstić information content (AvgIpc) is 2.56. The van der Waals surface area contributed by atoms with Crippen molar-refractivity contribution < 1.29 is 9.53 Å². The Morgan fingerprint density at radius 2 is 2.20 bits per heavy atom. The summed E-state index contributed by atoms with van der Waals surface area (Å²) in [4.78, 5) is 11.1. The van der Waals surface area contributed by atoms with Crippen molar-refractivity contribution in [2.75, 3.05) is 7.11 Å². The van der Waals surface area contributed by atoms with Gasteiger partial charge in [0.05, 0.1) is 12.8 Å². The molecule has 0 aliphatic carbocycles. The lowest BCUT2D eigenvalue weighted by molar-refractivity contribution is -0.114. The third-order valence-corrected chi connectivity index (χ3v) is 2.43. The van der Waals surface area contributed by atoms with Gasteiger partial charge in [-0.05, 0) is 30.7 Å². The third-order valence-electron chi connectivity index (χ3n) is 2.43. The largest absolute Gasteiger partial charge is 0.497 e. The minimum atomic E-state index is -0.498. The normalized spacial score (nSPS) is 13.5. The van der Waals surface area contributed by atoms with Crippen molar-refractivity contribution in [1.82, 2.24) is 5.32 Å². The maximum absolute atomic E-state index is 11.1. The molecular weight excluding hydrogens is 192 g/mol. The van der Waals surface area contributed by atoms with E-state index in [1.54, 1.807) is 13.2 Å². The molecular formula is C11H11N2O2. The predicted octanol–water partition coefficient (Wildman–Crippen LogP) is 1.16. The minimum Gasteiger partial charge on any atom is -0.497 e. The van der Waals surface area contributed by atoms with Gasteiger partial charge in [-0.15, -0.1) is 0 Å². The molecule has 1 aliphatic heterocycles. The maximum atomic E-state index is 11.1. The van der Waals surface area contributed by atoms with Crippen LogP contribution in [0.2, 0.25) is 0 Å². The second-order valence-electron chi connectivity index (χ2n) is 3.33. The Morgan fingerprint density at radius 1 is 1.47 bits per heavy atom. The number of primary amides is 1. The SMILES string of the molecule is COc1ccc2c(c1)C(C)=C(C(N)=O)[N]2. The summed E-state index contributed by atoms with van der Waals surface area (Å²) >= 11 is 0. The second-order valence-corrected chi connectivity index (χ2v) is 3.33. The van der Waals surface area contributed by atoms with Crippen LogP contribution >= 0.6 is 0 Å². The number of ether oxygens (including phenoxy) is 1. The number of nitrogens with two attached hydrogens (primary N) is 1. The monoisotopic (exact) mass is 203 g/mol. The van der Waals surface area contributed by atoms with Crippen LogP contribution in [0.15, 0.2) is 23.9 Å². The van der Waals surface area contributed by atoms with Gasteiger partial charge < -0.3 is 10.5 Å². The summed E-state index contributed by atoms with van der Waals surface area (Å²) in [7, 11) is 1.60. The van der Waals surface area contributed by atoms with Gasteiger partial charge in [-0.3, -0.25) is 4.79 Å². The van der Waals surface area contributed by atoms with Gasteiger partial charge in [-0.2, -0.15) is 0 Å². The molecule has 1 aromatic rings. The van der Waals surface area contributed by atoms with E-state index in [2.05, 4.69) is 5.32 Å². The van der Waals surface area contributed by atoms with Crippen molar-refractivity contribution in [3.63, 3.8) is 0 Å². The van der Waals surface area contributed by atoms with Crippen LogP contribution < -0.4 is 15.8 Å². The van der Waals surface area contributed by atoms with E-state index >= 15 is 0 Å². The Kier molecular flexibility index (Phi) is 2.11. The zero-order chi connectivity index (χ0) is 11.0. The standard InChI is InChI=1S/C11H11N2O2/c1-6-8-5-7(15-2)3-4-9(8)13-10(6)11(12)14/h3-5H,1-2H3,(H2,12,14). The van der Waals surface area contributed by atoms with Gasteiger partial charge in [0.25, 0.3) is 5.91 Å². The minimum absolute atomic E-state index is 0.332. The Hall–Kier alpha value is -1.97. The first-order valence-electron chi connectivity index (χ1n) is 4.54. The number of nitrogens with zero attached hydrogens (tertiary/aromatic N) is 1. The topological polar surface area (TPSA) is 66.4 Å². The van der Waals surface area contributed by atoms with Crippen molar-refractivity contribution in [2.45, 2.75) is 6.92 Å². The zero-order valence-electron chi connectivity index (χ0n) is 8.57. The van der Waals surface area contributed by atoms with Crippen LogP contribution in [0, 0.1) is 0 Å². The summed E-state index contributed by atoms with van der Waals surface area (Å²) in [6.07, 6.45) is 0. The molecule has 0 aromatic heterocycles. The van der Waals surface area contributed by atoms with Gasteiger partial charge in [-0.1, -0.05) is 0 Å². The number of allylic oxidation sites excluding steroid dienone is 1. The molecule has 0 saturated carbocycles. The Balaban J connectivity index is 2.50. The summed E-state index contributed by atoms with van der Waals surface area (Å²) < 4.78 is 5.10.